The molecule has 0 amide bonds. The Morgan fingerprint density at radius 1 is 1.39 bits per heavy atom. The molecular formula is C19H26N2OS. The second-order valence-corrected chi connectivity index (χ2v) is 7.36. The van der Waals surface area contributed by atoms with Gasteiger partial charge in [-0.3, -0.25) is 0 Å². The van der Waals surface area contributed by atoms with Crippen molar-refractivity contribution in [1.29, 1.82) is 0 Å². The number of hydrogen-bond acceptors (Lipinski definition) is 4. The first-order chi connectivity index (χ1) is 11.1. The summed E-state index contributed by atoms with van der Waals surface area (Å²) in [5, 5.41) is 6.97. The van der Waals surface area contributed by atoms with Crippen LogP contribution in [-0.4, -0.2) is 11.6 Å². The minimum atomic E-state index is 0.0458. The average molecular weight is 330 g/mol. The Balaban J connectivity index is 1.69. The van der Waals surface area contributed by atoms with Gasteiger partial charge < -0.3 is 10.1 Å². The summed E-state index contributed by atoms with van der Waals surface area (Å²) >= 11 is 1.69. The highest BCUT2D eigenvalue weighted by Gasteiger charge is 2.31. The van der Waals surface area contributed by atoms with Crippen molar-refractivity contribution in [3.05, 3.63) is 51.5 Å². The smallest absolute Gasteiger partial charge is 0.122 e. The molecule has 0 saturated heterocycles. The molecule has 3 nitrogen and oxygen atoms in total. The van der Waals surface area contributed by atoms with Crippen molar-refractivity contribution in [2.75, 3.05) is 6.61 Å². The van der Waals surface area contributed by atoms with E-state index in [9.17, 15) is 0 Å². The number of hydrogen-bond donors (Lipinski definition) is 1. The molecular weight excluding hydrogens is 304 g/mol. The normalized spacial score (nSPS) is 21.9. The van der Waals surface area contributed by atoms with Crippen molar-refractivity contribution in [3.8, 4) is 0 Å². The third-order valence-corrected chi connectivity index (χ3v) is 5.78. The molecule has 1 N–H and O–H groups in total. The molecule has 2 aromatic rings. The zero-order chi connectivity index (χ0) is 16.3. The van der Waals surface area contributed by atoms with Gasteiger partial charge >= 0.3 is 0 Å². The van der Waals surface area contributed by atoms with Crippen LogP contribution in [0, 0.1) is 0 Å². The third kappa shape index (κ3) is 3.65. The molecule has 1 aromatic carbocycles. The van der Waals surface area contributed by atoms with Crippen LogP contribution in [0.4, 0.5) is 0 Å². The summed E-state index contributed by atoms with van der Waals surface area (Å²) in [6.45, 7) is 7.94. The van der Waals surface area contributed by atoms with E-state index in [4.69, 9.17) is 9.72 Å². The molecule has 124 valence electrons. The van der Waals surface area contributed by atoms with Crippen molar-refractivity contribution in [2.45, 2.75) is 58.2 Å². The number of benzene rings is 1. The number of ether oxygens (including phenoxy) is 1. The number of thiazole rings is 1. The van der Waals surface area contributed by atoms with Crippen LogP contribution < -0.4 is 5.32 Å². The van der Waals surface area contributed by atoms with E-state index in [1.165, 1.54) is 30.4 Å². The maximum absolute atomic E-state index is 5.63. The van der Waals surface area contributed by atoms with E-state index in [0.717, 1.165) is 23.9 Å². The van der Waals surface area contributed by atoms with E-state index in [1.54, 1.807) is 11.3 Å². The van der Waals surface area contributed by atoms with Crippen molar-refractivity contribution < 1.29 is 4.74 Å². The summed E-state index contributed by atoms with van der Waals surface area (Å²) in [6, 6.07) is 8.82. The molecule has 0 bridgehead atoms. The predicted octanol–water partition coefficient (Wildman–Crippen LogP) is 4.58. The Kier molecular flexibility index (Phi) is 5.14. The molecule has 2 unspecified atom stereocenters. The lowest BCUT2D eigenvalue weighted by Crippen LogP contribution is -2.41. The van der Waals surface area contributed by atoms with Gasteiger partial charge in [0.05, 0.1) is 5.69 Å². The van der Waals surface area contributed by atoms with Gasteiger partial charge in [0, 0.05) is 24.1 Å². The number of aromatic nitrogens is 1. The molecule has 1 aromatic heterocycles. The molecule has 1 aliphatic rings. The van der Waals surface area contributed by atoms with E-state index >= 15 is 0 Å². The molecule has 23 heavy (non-hydrogen) atoms. The summed E-state index contributed by atoms with van der Waals surface area (Å²) in [6.07, 6.45) is 3.70. The summed E-state index contributed by atoms with van der Waals surface area (Å²) in [7, 11) is 0. The standard InChI is InChI=1S/C19H26N2OS/c1-4-22-14(2)18-21-16(13-23-18)12-20-19(3)11-7-9-15-8-5-6-10-17(15)19/h5-6,8,10,13-14,20H,4,7,9,11-12H2,1-3H3. The summed E-state index contributed by atoms with van der Waals surface area (Å²) in [4.78, 5) is 4.73. The first-order valence-corrected chi connectivity index (χ1v) is 9.39. The van der Waals surface area contributed by atoms with E-state index in [1.807, 2.05) is 6.92 Å². The molecule has 0 saturated carbocycles. The molecule has 1 heterocycles. The van der Waals surface area contributed by atoms with Crippen molar-refractivity contribution in [1.82, 2.24) is 10.3 Å². The maximum Gasteiger partial charge on any atom is 0.122 e. The number of nitrogens with one attached hydrogen (secondary N) is 1. The summed E-state index contributed by atoms with van der Waals surface area (Å²) in [5.74, 6) is 0. The van der Waals surface area contributed by atoms with Crippen LogP contribution in [-0.2, 0) is 23.2 Å². The highest BCUT2D eigenvalue weighted by molar-refractivity contribution is 7.09. The quantitative estimate of drug-likeness (QED) is 0.841. The van der Waals surface area contributed by atoms with Gasteiger partial charge in [0.15, 0.2) is 0 Å². The van der Waals surface area contributed by atoms with Crippen molar-refractivity contribution in [2.24, 2.45) is 0 Å². The molecule has 2 atom stereocenters. The average Bonchev–Trinajstić information content (AvgIpc) is 3.03. The highest BCUT2D eigenvalue weighted by Crippen LogP contribution is 2.35. The Bertz CT molecular complexity index is 654. The van der Waals surface area contributed by atoms with E-state index < -0.39 is 0 Å². The Morgan fingerprint density at radius 2 is 2.22 bits per heavy atom. The van der Waals surface area contributed by atoms with Gasteiger partial charge in [-0.05, 0) is 51.2 Å². The van der Waals surface area contributed by atoms with Gasteiger partial charge in [-0.2, -0.15) is 0 Å². The summed E-state index contributed by atoms with van der Waals surface area (Å²) in [5.41, 5.74) is 4.09. The van der Waals surface area contributed by atoms with Gasteiger partial charge in [0.2, 0.25) is 0 Å². The lowest BCUT2D eigenvalue weighted by Gasteiger charge is -2.37. The van der Waals surface area contributed by atoms with Crippen molar-refractivity contribution >= 4 is 11.3 Å². The van der Waals surface area contributed by atoms with Crippen LogP contribution in [0.1, 0.15) is 61.5 Å². The minimum absolute atomic E-state index is 0.0458. The van der Waals surface area contributed by atoms with Gasteiger partial charge in [-0.25, -0.2) is 4.98 Å². The van der Waals surface area contributed by atoms with Crippen LogP contribution in [0.3, 0.4) is 0 Å². The van der Waals surface area contributed by atoms with Gasteiger partial charge in [0.1, 0.15) is 11.1 Å². The fourth-order valence-electron chi connectivity index (χ4n) is 3.42. The molecule has 1 aliphatic carbocycles. The van der Waals surface area contributed by atoms with Crippen LogP contribution in [0.5, 0.6) is 0 Å². The topological polar surface area (TPSA) is 34.1 Å². The number of fused-ring (bicyclic) bond motifs is 1. The number of nitrogens with zero attached hydrogens (tertiary/aromatic N) is 1. The van der Waals surface area contributed by atoms with Crippen molar-refractivity contribution in [3.63, 3.8) is 0 Å². The predicted molar refractivity (Wildman–Crippen MR) is 95.7 cm³/mol. The lowest BCUT2D eigenvalue weighted by molar-refractivity contribution is 0.0761. The Hall–Kier alpha value is -1.23. The molecule has 4 heteroatoms. The van der Waals surface area contributed by atoms with Crippen LogP contribution in [0.25, 0.3) is 0 Å². The molecule has 0 aliphatic heterocycles. The monoisotopic (exact) mass is 330 g/mol. The first kappa shape index (κ1) is 16.6. The maximum atomic E-state index is 5.63. The van der Waals surface area contributed by atoms with Gasteiger partial charge in [-0.1, -0.05) is 24.3 Å². The lowest BCUT2D eigenvalue weighted by atomic mass is 9.78. The fourth-order valence-corrected chi connectivity index (χ4v) is 4.25. The first-order valence-electron chi connectivity index (χ1n) is 8.51. The SMILES string of the molecule is CCOC(C)c1nc(CNC2(C)CCCc3ccccc32)cs1. The minimum Gasteiger partial charge on any atom is -0.372 e. The molecule has 0 fully saturated rings. The van der Waals surface area contributed by atoms with Gasteiger partial charge in [0.25, 0.3) is 0 Å². The Labute approximate surface area is 143 Å². The van der Waals surface area contributed by atoms with Crippen LogP contribution in [0.2, 0.25) is 0 Å². The molecule has 0 radical (unpaired) electrons. The van der Waals surface area contributed by atoms with E-state index in [2.05, 4.69) is 48.8 Å². The Morgan fingerprint density at radius 3 is 3.04 bits per heavy atom. The fraction of sp³-hybridized carbons (Fsp3) is 0.526. The highest BCUT2D eigenvalue weighted by atomic mass is 32.1. The van der Waals surface area contributed by atoms with Crippen LogP contribution >= 0.6 is 11.3 Å². The largest absolute Gasteiger partial charge is 0.372 e. The number of rotatable bonds is 6. The van der Waals surface area contributed by atoms with Gasteiger partial charge in [-0.15, -0.1) is 11.3 Å². The van der Waals surface area contributed by atoms with E-state index in [0.29, 0.717) is 0 Å². The van der Waals surface area contributed by atoms with Crippen LogP contribution in [0.15, 0.2) is 29.6 Å². The zero-order valence-corrected chi connectivity index (χ0v) is 15.1. The molecule has 3 rings (SSSR count). The second-order valence-electron chi connectivity index (χ2n) is 6.47. The second kappa shape index (κ2) is 7.12. The summed E-state index contributed by atoms with van der Waals surface area (Å²) < 4.78 is 5.63. The molecule has 0 spiro atoms. The third-order valence-electron chi connectivity index (χ3n) is 4.73. The number of aryl methyl sites for hydroxylation is 1. The zero-order valence-electron chi connectivity index (χ0n) is 14.3. The van der Waals surface area contributed by atoms with E-state index in [-0.39, 0.29) is 11.6 Å².